The van der Waals surface area contributed by atoms with Crippen LogP contribution < -0.4 is 10.6 Å². The third-order valence-corrected chi connectivity index (χ3v) is 4.14. The van der Waals surface area contributed by atoms with Crippen LogP contribution in [0.15, 0.2) is 6.20 Å². The molecule has 19 heavy (non-hydrogen) atoms. The van der Waals surface area contributed by atoms with Gasteiger partial charge in [-0.25, -0.2) is 9.97 Å². The second kappa shape index (κ2) is 5.52. The maximum Gasteiger partial charge on any atom is 0.224 e. The van der Waals surface area contributed by atoms with Gasteiger partial charge in [0.25, 0.3) is 0 Å². The Balaban J connectivity index is 2.23. The van der Waals surface area contributed by atoms with Crippen LogP contribution in [0.5, 0.6) is 0 Å². The van der Waals surface area contributed by atoms with Gasteiger partial charge in [-0.3, -0.25) is 0 Å². The summed E-state index contributed by atoms with van der Waals surface area (Å²) < 4.78 is 0. The summed E-state index contributed by atoms with van der Waals surface area (Å²) in [5.74, 6) is 1.48. The van der Waals surface area contributed by atoms with Gasteiger partial charge in [-0.1, -0.05) is 0 Å². The molecule has 0 saturated heterocycles. The Labute approximate surface area is 117 Å². The molecule has 0 bridgehead atoms. The predicted octanol–water partition coefficient (Wildman–Crippen LogP) is 3.07. The first-order valence-corrected chi connectivity index (χ1v) is 7.04. The smallest absolute Gasteiger partial charge is 0.224 e. The molecule has 2 N–H and O–H groups in total. The van der Waals surface area contributed by atoms with E-state index in [1.807, 2.05) is 34.0 Å². The van der Waals surface area contributed by atoms with Crippen LogP contribution in [0.4, 0.5) is 11.8 Å². The maximum absolute atomic E-state index is 4.46. The number of aryl methyl sites for hydroxylation is 3. The Morgan fingerprint density at radius 1 is 1.21 bits per heavy atom. The number of nitrogens with one attached hydrogen (secondary N) is 2. The van der Waals surface area contributed by atoms with Crippen LogP contribution in [0.2, 0.25) is 0 Å². The van der Waals surface area contributed by atoms with Crippen LogP contribution in [0, 0.1) is 20.8 Å². The van der Waals surface area contributed by atoms with Gasteiger partial charge in [-0.05, 0) is 27.7 Å². The molecule has 0 aliphatic carbocycles. The molecule has 0 aliphatic heterocycles. The van der Waals surface area contributed by atoms with Crippen LogP contribution in [0.1, 0.15) is 34.1 Å². The Hall–Kier alpha value is -1.69. The zero-order chi connectivity index (χ0) is 14.0. The van der Waals surface area contributed by atoms with E-state index in [9.17, 15) is 0 Å². The van der Waals surface area contributed by atoms with Crippen LogP contribution >= 0.6 is 11.3 Å². The molecule has 2 aromatic rings. The van der Waals surface area contributed by atoms with Gasteiger partial charge in [0.1, 0.15) is 5.82 Å². The average Bonchev–Trinajstić information content (AvgIpc) is 2.71. The SMILES string of the molecule is CNc1ncc(C)c(NC(C)c2sc(C)nc2C)n1. The molecule has 1 atom stereocenters. The van der Waals surface area contributed by atoms with E-state index in [0.717, 1.165) is 22.1 Å². The van der Waals surface area contributed by atoms with Crippen molar-refractivity contribution in [3.8, 4) is 0 Å². The van der Waals surface area contributed by atoms with E-state index in [2.05, 4.69) is 32.5 Å². The average molecular weight is 277 g/mol. The molecule has 5 nitrogen and oxygen atoms in total. The van der Waals surface area contributed by atoms with Crippen molar-refractivity contribution >= 4 is 23.1 Å². The van der Waals surface area contributed by atoms with E-state index in [1.165, 1.54) is 4.88 Å². The molecule has 2 aromatic heterocycles. The maximum atomic E-state index is 4.46. The van der Waals surface area contributed by atoms with Gasteiger partial charge < -0.3 is 10.6 Å². The summed E-state index contributed by atoms with van der Waals surface area (Å²) in [6.45, 7) is 8.20. The van der Waals surface area contributed by atoms with E-state index in [1.54, 1.807) is 11.3 Å². The predicted molar refractivity (Wildman–Crippen MR) is 79.9 cm³/mol. The minimum absolute atomic E-state index is 0.185. The first-order chi connectivity index (χ1) is 9.01. The quantitative estimate of drug-likeness (QED) is 0.899. The summed E-state index contributed by atoms with van der Waals surface area (Å²) in [5.41, 5.74) is 2.12. The Morgan fingerprint density at radius 2 is 1.95 bits per heavy atom. The van der Waals surface area contributed by atoms with Crippen molar-refractivity contribution in [3.05, 3.63) is 27.3 Å². The van der Waals surface area contributed by atoms with Crippen LogP contribution in [0.3, 0.4) is 0 Å². The van der Waals surface area contributed by atoms with Gasteiger partial charge in [-0.15, -0.1) is 11.3 Å². The second-order valence-electron chi connectivity index (χ2n) is 4.52. The minimum Gasteiger partial charge on any atom is -0.362 e. The summed E-state index contributed by atoms with van der Waals surface area (Å²) in [5, 5.41) is 7.48. The van der Waals surface area contributed by atoms with Crippen LogP contribution in [-0.2, 0) is 0 Å². The molecular formula is C13H19N5S. The lowest BCUT2D eigenvalue weighted by molar-refractivity contribution is 0.874. The van der Waals surface area contributed by atoms with Crippen molar-refractivity contribution in [1.29, 1.82) is 0 Å². The minimum atomic E-state index is 0.185. The second-order valence-corrected chi connectivity index (χ2v) is 5.76. The van der Waals surface area contributed by atoms with Crippen molar-refractivity contribution < 1.29 is 0 Å². The van der Waals surface area contributed by atoms with E-state index in [0.29, 0.717) is 5.95 Å². The first kappa shape index (κ1) is 13.7. The summed E-state index contributed by atoms with van der Waals surface area (Å²) in [6.07, 6.45) is 1.82. The number of rotatable bonds is 4. The van der Waals surface area contributed by atoms with Crippen molar-refractivity contribution in [2.75, 3.05) is 17.7 Å². The highest BCUT2D eigenvalue weighted by Crippen LogP contribution is 2.27. The summed E-state index contributed by atoms with van der Waals surface area (Å²) in [7, 11) is 1.81. The molecule has 0 aromatic carbocycles. The van der Waals surface area contributed by atoms with Gasteiger partial charge in [-0.2, -0.15) is 4.98 Å². The molecule has 0 aliphatic rings. The molecule has 0 radical (unpaired) electrons. The number of hydrogen-bond donors (Lipinski definition) is 2. The third kappa shape index (κ3) is 3.01. The fourth-order valence-electron chi connectivity index (χ4n) is 1.93. The summed E-state index contributed by atoms with van der Waals surface area (Å²) >= 11 is 1.72. The van der Waals surface area contributed by atoms with Gasteiger partial charge >= 0.3 is 0 Å². The van der Waals surface area contributed by atoms with E-state index in [-0.39, 0.29) is 6.04 Å². The van der Waals surface area contributed by atoms with E-state index in [4.69, 9.17) is 0 Å². The van der Waals surface area contributed by atoms with Crippen molar-refractivity contribution in [2.24, 2.45) is 0 Å². The van der Waals surface area contributed by atoms with Gasteiger partial charge in [0.2, 0.25) is 5.95 Å². The van der Waals surface area contributed by atoms with Crippen LogP contribution in [0.25, 0.3) is 0 Å². The van der Waals surface area contributed by atoms with Crippen molar-refractivity contribution in [1.82, 2.24) is 15.0 Å². The number of thiazole rings is 1. The first-order valence-electron chi connectivity index (χ1n) is 6.23. The highest BCUT2D eigenvalue weighted by atomic mass is 32.1. The normalized spacial score (nSPS) is 12.3. The summed E-state index contributed by atoms with van der Waals surface area (Å²) in [6, 6.07) is 0.185. The standard InChI is InChI=1S/C13H19N5S/c1-7-6-15-13(14-5)18-12(7)17-9(3)11-8(2)16-10(4)19-11/h6,9H,1-5H3,(H2,14,15,17,18). The van der Waals surface area contributed by atoms with E-state index >= 15 is 0 Å². The molecule has 1 unspecified atom stereocenters. The third-order valence-electron chi connectivity index (χ3n) is 2.88. The number of hydrogen-bond acceptors (Lipinski definition) is 6. The van der Waals surface area contributed by atoms with Crippen molar-refractivity contribution in [3.63, 3.8) is 0 Å². The fraction of sp³-hybridized carbons (Fsp3) is 0.462. The van der Waals surface area contributed by atoms with Crippen molar-refractivity contribution in [2.45, 2.75) is 33.7 Å². The Kier molecular flexibility index (Phi) is 3.99. The van der Waals surface area contributed by atoms with Gasteiger partial charge in [0.05, 0.1) is 16.7 Å². The molecule has 0 spiro atoms. The molecule has 0 saturated carbocycles. The Bertz CT molecular complexity index is 578. The van der Waals surface area contributed by atoms with Gasteiger partial charge in [0.15, 0.2) is 0 Å². The zero-order valence-corrected chi connectivity index (χ0v) is 12.7. The lowest BCUT2D eigenvalue weighted by Crippen LogP contribution is -2.10. The topological polar surface area (TPSA) is 62.7 Å². The van der Waals surface area contributed by atoms with Gasteiger partial charge in [0, 0.05) is 23.7 Å². The molecule has 2 rings (SSSR count). The molecule has 6 heteroatoms. The lowest BCUT2D eigenvalue weighted by atomic mass is 10.2. The Morgan fingerprint density at radius 3 is 2.53 bits per heavy atom. The highest BCUT2D eigenvalue weighted by molar-refractivity contribution is 7.11. The molecule has 0 amide bonds. The number of nitrogens with zero attached hydrogens (tertiary/aromatic N) is 3. The molecule has 102 valence electrons. The number of aromatic nitrogens is 3. The van der Waals surface area contributed by atoms with E-state index < -0.39 is 0 Å². The fourth-order valence-corrected chi connectivity index (χ4v) is 2.86. The summed E-state index contributed by atoms with van der Waals surface area (Å²) in [4.78, 5) is 14.3. The molecule has 2 heterocycles. The lowest BCUT2D eigenvalue weighted by Gasteiger charge is -2.15. The largest absolute Gasteiger partial charge is 0.362 e. The number of anilines is 2. The monoisotopic (exact) mass is 277 g/mol. The highest BCUT2D eigenvalue weighted by Gasteiger charge is 2.14. The van der Waals surface area contributed by atoms with Crippen LogP contribution in [-0.4, -0.2) is 22.0 Å². The molecule has 0 fully saturated rings. The zero-order valence-electron chi connectivity index (χ0n) is 11.9. The molecular weight excluding hydrogens is 258 g/mol.